The van der Waals surface area contributed by atoms with Gasteiger partial charge in [-0.25, -0.2) is 13.1 Å². The van der Waals surface area contributed by atoms with E-state index in [1.807, 2.05) is 18.2 Å². The van der Waals surface area contributed by atoms with E-state index in [0.717, 1.165) is 44.5 Å². The van der Waals surface area contributed by atoms with Crippen molar-refractivity contribution < 1.29 is 13.5 Å². The van der Waals surface area contributed by atoms with E-state index in [-0.39, 0.29) is 16.9 Å². The highest BCUT2D eigenvalue weighted by Crippen LogP contribution is 2.34. The predicted molar refractivity (Wildman–Crippen MR) is 91.5 cm³/mol. The summed E-state index contributed by atoms with van der Waals surface area (Å²) in [5.41, 5.74) is 0.988. The zero-order valence-corrected chi connectivity index (χ0v) is 14.5. The first-order valence-electron chi connectivity index (χ1n) is 7.91. The lowest BCUT2D eigenvalue weighted by Gasteiger charge is -2.41. The Labute approximate surface area is 139 Å². The number of rotatable bonds is 7. The monoisotopic (exact) mass is 338 g/mol. The molecule has 1 aromatic carbocycles. The second kappa shape index (κ2) is 7.57. The SMILES string of the molecule is C=CC[C@]1(CO)CCCN(Cc2ccc(S(=O)(=O)NC)cc2)C1. The van der Waals surface area contributed by atoms with Crippen LogP contribution >= 0.6 is 0 Å². The molecule has 0 saturated carbocycles. The molecule has 1 aliphatic rings. The second-order valence-electron chi connectivity index (χ2n) is 6.32. The van der Waals surface area contributed by atoms with Crippen LogP contribution in [-0.2, 0) is 16.6 Å². The Balaban J connectivity index is 2.06. The molecule has 23 heavy (non-hydrogen) atoms. The maximum Gasteiger partial charge on any atom is 0.240 e. The molecule has 128 valence electrons. The molecule has 0 aliphatic carbocycles. The molecule has 1 fully saturated rings. The minimum absolute atomic E-state index is 0.0879. The first-order valence-corrected chi connectivity index (χ1v) is 9.40. The Morgan fingerprint density at radius 1 is 1.39 bits per heavy atom. The summed E-state index contributed by atoms with van der Waals surface area (Å²) in [6.07, 6.45) is 4.78. The Hall–Kier alpha value is -1.21. The Kier molecular flexibility index (Phi) is 5.97. The number of hydrogen-bond acceptors (Lipinski definition) is 4. The van der Waals surface area contributed by atoms with Crippen LogP contribution in [0.15, 0.2) is 41.8 Å². The van der Waals surface area contributed by atoms with Gasteiger partial charge in [0.2, 0.25) is 10.0 Å². The molecule has 1 atom stereocenters. The lowest BCUT2D eigenvalue weighted by Crippen LogP contribution is -2.44. The maximum atomic E-state index is 11.7. The highest BCUT2D eigenvalue weighted by Gasteiger charge is 2.33. The van der Waals surface area contributed by atoms with Crippen LogP contribution in [0.4, 0.5) is 0 Å². The predicted octanol–water partition coefficient (Wildman–Crippen LogP) is 1.75. The number of aliphatic hydroxyl groups excluding tert-OH is 1. The molecular weight excluding hydrogens is 312 g/mol. The van der Waals surface area contributed by atoms with Gasteiger partial charge in [-0.2, -0.15) is 0 Å². The number of benzene rings is 1. The maximum absolute atomic E-state index is 11.7. The van der Waals surface area contributed by atoms with Crippen molar-refractivity contribution in [2.45, 2.75) is 30.7 Å². The van der Waals surface area contributed by atoms with Crippen LogP contribution in [0.3, 0.4) is 0 Å². The number of piperidine rings is 1. The van der Waals surface area contributed by atoms with Crippen molar-refractivity contribution in [1.29, 1.82) is 0 Å². The minimum atomic E-state index is -3.39. The molecule has 0 radical (unpaired) electrons. The third kappa shape index (κ3) is 4.41. The molecule has 1 aliphatic heterocycles. The summed E-state index contributed by atoms with van der Waals surface area (Å²) < 4.78 is 25.8. The summed E-state index contributed by atoms with van der Waals surface area (Å²) in [7, 11) is -1.98. The number of sulfonamides is 1. The van der Waals surface area contributed by atoms with Crippen molar-refractivity contribution in [1.82, 2.24) is 9.62 Å². The van der Waals surface area contributed by atoms with Gasteiger partial charge in [-0.05, 0) is 50.6 Å². The quantitative estimate of drug-likeness (QED) is 0.743. The molecule has 0 amide bonds. The molecule has 1 heterocycles. The minimum Gasteiger partial charge on any atom is -0.396 e. The van der Waals surface area contributed by atoms with E-state index < -0.39 is 10.0 Å². The van der Waals surface area contributed by atoms with Crippen molar-refractivity contribution in [3.8, 4) is 0 Å². The summed E-state index contributed by atoms with van der Waals surface area (Å²) in [6, 6.07) is 6.97. The van der Waals surface area contributed by atoms with Crippen molar-refractivity contribution in [2.24, 2.45) is 5.41 Å². The molecule has 2 rings (SSSR count). The largest absolute Gasteiger partial charge is 0.396 e. The van der Waals surface area contributed by atoms with Gasteiger partial charge in [0, 0.05) is 18.5 Å². The fourth-order valence-electron chi connectivity index (χ4n) is 3.26. The lowest BCUT2D eigenvalue weighted by molar-refractivity contribution is 0.0309. The molecule has 6 heteroatoms. The number of likely N-dealkylation sites (tertiary alicyclic amines) is 1. The molecule has 1 aromatic rings. The molecule has 0 aromatic heterocycles. The van der Waals surface area contributed by atoms with E-state index in [1.165, 1.54) is 7.05 Å². The Bertz CT molecular complexity index is 628. The van der Waals surface area contributed by atoms with Gasteiger partial charge >= 0.3 is 0 Å². The summed E-state index contributed by atoms with van der Waals surface area (Å²) in [6.45, 7) is 6.58. The average Bonchev–Trinajstić information content (AvgIpc) is 2.56. The summed E-state index contributed by atoms with van der Waals surface area (Å²) in [4.78, 5) is 2.60. The zero-order chi connectivity index (χ0) is 16.9. The Morgan fingerprint density at radius 2 is 2.09 bits per heavy atom. The van der Waals surface area contributed by atoms with Gasteiger partial charge in [-0.3, -0.25) is 4.90 Å². The number of hydrogen-bond donors (Lipinski definition) is 2. The van der Waals surface area contributed by atoms with E-state index in [0.29, 0.717) is 0 Å². The van der Waals surface area contributed by atoms with Crippen LogP contribution in [0.25, 0.3) is 0 Å². The third-order valence-corrected chi connectivity index (χ3v) is 5.99. The molecule has 2 N–H and O–H groups in total. The van der Waals surface area contributed by atoms with Gasteiger partial charge in [0.25, 0.3) is 0 Å². The third-order valence-electron chi connectivity index (χ3n) is 4.56. The van der Waals surface area contributed by atoms with Gasteiger partial charge in [-0.15, -0.1) is 6.58 Å². The van der Waals surface area contributed by atoms with Crippen LogP contribution < -0.4 is 4.72 Å². The van der Waals surface area contributed by atoms with Gasteiger partial charge in [0.15, 0.2) is 0 Å². The van der Waals surface area contributed by atoms with Crippen molar-refractivity contribution in [3.05, 3.63) is 42.5 Å². The van der Waals surface area contributed by atoms with Gasteiger partial charge in [0.1, 0.15) is 0 Å². The Morgan fingerprint density at radius 3 is 2.65 bits per heavy atom. The second-order valence-corrected chi connectivity index (χ2v) is 8.20. The standard InChI is InChI=1S/C17H26N2O3S/c1-3-9-17(14-20)10-4-11-19(13-17)12-15-5-7-16(8-6-15)23(21,22)18-2/h3,5-8,18,20H,1,4,9-14H2,2H3/t17-/m0/s1. The molecular formula is C17H26N2O3S. The first kappa shape index (κ1) is 18.1. The van der Waals surface area contributed by atoms with Gasteiger partial charge < -0.3 is 5.11 Å². The smallest absolute Gasteiger partial charge is 0.240 e. The van der Waals surface area contributed by atoms with Crippen LogP contribution in [-0.4, -0.2) is 45.2 Å². The number of nitrogens with one attached hydrogen (secondary N) is 1. The molecule has 5 nitrogen and oxygen atoms in total. The summed E-state index contributed by atoms with van der Waals surface area (Å²) in [5, 5.41) is 9.76. The summed E-state index contributed by atoms with van der Waals surface area (Å²) in [5.74, 6) is 0. The highest BCUT2D eigenvalue weighted by molar-refractivity contribution is 7.89. The number of nitrogens with zero attached hydrogens (tertiary/aromatic N) is 1. The topological polar surface area (TPSA) is 69.6 Å². The number of allylic oxidation sites excluding steroid dienone is 1. The zero-order valence-electron chi connectivity index (χ0n) is 13.7. The highest BCUT2D eigenvalue weighted by atomic mass is 32.2. The fourth-order valence-corrected chi connectivity index (χ4v) is 3.99. The normalized spacial score (nSPS) is 22.9. The van der Waals surface area contributed by atoms with Crippen molar-refractivity contribution in [2.75, 3.05) is 26.7 Å². The van der Waals surface area contributed by atoms with Gasteiger partial charge in [-0.1, -0.05) is 18.2 Å². The van der Waals surface area contributed by atoms with E-state index in [1.54, 1.807) is 12.1 Å². The molecule has 1 saturated heterocycles. The van der Waals surface area contributed by atoms with Crippen molar-refractivity contribution >= 4 is 10.0 Å². The van der Waals surface area contributed by atoms with Crippen LogP contribution in [0.5, 0.6) is 0 Å². The molecule has 0 spiro atoms. The average molecular weight is 338 g/mol. The van der Waals surface area contributed by atoms with E-state index in [9.17, 15) is 13.5 Å². The van der Waals surface area contributed by atoms with Gasteiger partial charge in [0.05, 0.1) is 11.5 Å². The van der Waals surface area contributed by atoms with Crippen LogP contribution in [0.2, 0.25) is 0 Å². The van der Waals surface area contributed by atoms with Crippen molar-refractivity contribution in [3.63, 3.8) is 0 Å². The molecule has 0 bridgehead atoms. The summed E-state index contributed by atoms with van der Waals surface area (Å²) >= 11 is 0. The van der Waals surface area contributed by atoms with E-state index in [4.69, 9.17) is 0 Å². The first-order chi connectivity index (χ1) is 10.9. The number of aliphatic hydroxyl groups is 1. The van der Waals surface area contributed by atoms with Crippen LogP contribution in [0.1, 0.15) is 24.8 Å². The lowest BCUT2D eigenvalue weighted by atomic mass is 9.78. The van der Waals surface area contributed by atoms with E-state index in [2.05, 4.69) is 16.2 Å². The van der Waals surface area contributed by atoms with E-state index >= 15 is 0 Å². The fraction of sp³-hybridized carbons (Fsp3) is 0.529. The molecule has 0 unspecified atom stereocenters. The van der Waals surface area contributed by atoms with Crippen LogP contribution in [0, 0.1) is 5.41 Å².